The Labute approximate surface area is 132 Å². The predicted octanol–water partition coefficient (Wildman–Crippen LogP) is 1.90. The molecule has 0 bridgehead atoms. The number of aryl methyl sites for hydroxylation is 2. The molecule has 1 amide bonds. The molecule has 0 aliphatic heterocycles. The van der Waals surface area contributed by atoms with Gasteiger partial charge in [0.05, 0.1) is 18.4 Å². The van der Waals surface area contributed by atoms with E-state index in [-0.39, 0.29) is 11.1 Å². The molecular formula is C17H16N2O4. The van der Waals surface area contributed by atoms with Gasteiger partial charge in [-0.25, -0.2) is 4.79 Å². The highest BCUT2D eigenvalue weighted by Crippen LogP contribution is 2.20. The fourth-order valence-electron chi connectivity index (χ4n) is 2.75. The summed E-state index contributed by atoms with van der Waals surface area (Å²) >= 11 is 0. The van der Waals surface area contributed by atoms with Crippen LogP contribution in [0.15, 0.2) is 35.1 Å². The van der Waals surface area contributed by atoms with Gasteiger partial charge in [0.15, 0.2) is 0 Å². The quantitative estimate of drug-likeness (QED) is 0.847. The second kappa shape index (κ2) is 6.08. The summed E-state index contributed by atoms with van der Waals surface area (Å²) in [4.78, 5) is 39.0. The SMILES string of the molecule is COC(=O)c1ccccc1NC(=O)c1cc2c([nH]c1=O)CCC2. The fraction of sp³-hybridized carbons (Fsp3) is 0.235. The van der Waals surface area contributed by atoms with Crippen LogP contribution in [0, 0.1) is 0 Å². The zero-order valence-electron chi connectivity index (χ0n) is 12.6. The van der Waals surface area contributed by atoms with Crippen LogP contribution in [0.25, 0.3) is 0 Å². The van der Waals surface area contributed by atoms with E-state index in [1.165, 1.54) is 7.11 Å². The van der Waals surface area contributed by atoms with Crippen molar-refractivity contribution in [1.82, 2.24) is 4.98 Å². The summed E-state index contributed by atoms with van der Waals surface area (Å²) in [7, 11) is 1.27. The van der Waals surface area contributed by atoms with Gasteiger partial charge in [-0.15, -0.1) is 0 Å². The maximum Gasteiger partial charge on any atom is 0.339 e. The first-order valence-electron chi connectivity index (χ1n) is 7.34. The summed E-state index contributed by atoms with van der Waals surface area (Å²) in [6.45, 7) is 0. The molecule has 6 heteroatoms. The van der Waals surface area contributed by atoms with Crippen LogP contribution >= 0.6 is 0 Å². The number of fused-ring (bicyclic) bond motifs is 1. The number of aromatic amines is 1. The molecule has 118 valence electrons. The molecular weight excluding hydrogens is 296 g/mol. The van der Waals surface area contributed by atoms with Crippen LogP contribution in [0.1, 0.15) is 38.4 Å². The highest BCUT2D eigenvalue weighted by molar-refractivity contribution is 6.07. The topological polar surface area (TPSA) is 88.3 Å². The Hall–Kier alpha value is -2.89. The molecule has 0 fully saturated rings. The molecule has 2 N–H and O–H groups in total. The van der Waals surface area contributed by atoms with Gasteiger partial charge in [-0.05, 0) is 43.0 Å². The zero-order valence-corrected chi connectivity index (χ0v) is 12.6. The lowest BCUT2D eigenvalue weighted by molar-refractivity contribution is 0.0602. The number of aromatic nitrogens is 1. The van der Waals surface area contributed by atoms with Crippen molar-refractivity contribution in [2.45, 2.75) is 19.3 Å². The van der Waals surface area contributed by atoms with E-state index in [9.17, 15) is 14.4 Å². The van der Waals surface area contributed by atoms with Crippen LogP contribution in [0.5, 0.6) is 0 Å². The summed E-state index contributed by atoms with van der Waals surface area (Å²) in [6, 6.07) is 8.14. The van der Waals surface area contributed by atoms with Crippen LogP contribution in [-0.4, -0.2) is 24.0 Å². The van der Waals surface area contributed by atoms with Crippen molar-refractivity contribution in [3.05, 3.63) is 63.1 Å². The van der Waals surface area contributed by atoms with E-state index in [0.29, 0.717) is 5.69 Å². The maximum atomic E-state index is 12.4. The number of carbonyl (C=O) groups excluding carboxylic acids is 2. The molecule has 1 aromatic carbocycles. The molecule has 0 spiro atoms. The van der Waals surface area contributed by atoms with Gasteiger partial charge < -0.3 is 15.0 Å². The standard InChI is InChI=1S/C17H16N2O4/c1-23-17(22)11-6-2-3-7-14(11)19-16(21)12-9-10-5-4-8-13(10)18-15(12)20/h2-3,6-7,9H,4-5,8H2,1H3,(H,18,20)(H,19,21). The number of carbonyl (C=O) groups is 2. The number of methoxy groups -OCH3 is 1. The summed E-state index contributed by atoms with van der Waals surface area (Å²) in [5.41, 5.74) is 2.08. The second-order valence-electron chi connectivity index (χ2n) is 5.36. The minimum absolute atomic E-state index is 0.0466. The van der Waals surface area contributed by atoms with Crippen molar-refractivity contribution in [2.75, 3.05) is 12.4 Å². The van der Waals surface area contributed by atoms with Crippen LogP contribution in [-0.2, 0) is 17.6 Å². The molecule has 1 aliphatic rings. The van der Waals surface area contributed by atoms with Crippen molar-refractivity contribution in [3.63, 3.8) is 0 Å². The minimum atomic E-state index is -0.552. The number of esters is 1. The monoisotopic (exact) mass is 312 g/mol. The number of amides is 1. The summed E-state index contributed by atoms with van der Waals surface area (Å²) in [6.07, 6.45) is 2.66. The summed E-state index contributed by atoms with van der Waals surface area (Å²) < 4.78 is 4.69. The van der Waals surface area contributed by atoms with Crippen molar-refractivity contribution in [3.8, 4) is 0 Å². The first-order valence-corrected chi connectivity index (χ1v) is 7.34. The van der Waals surface area contributed by atoms with E-state index in [1.54, 1.807) is 30.3 Å². The third-order valence-electron chi connectivity index (χ3n) is 3.91. The van der Waals surface area contributed by atoms with Gasteiger partial charge in [0.1, 0.15) is 5.56 Å². The van der Waals surface area contributed by atoms with E-state index in [1.807, 2.05) is 0 Å². The number of ether oxygens (including phenoxy) is 1. The summed E-state index contributed by atoms with van der Waals surface area (Å²) in [5.74, 6) is -1.10. The summed E-state index contributed by atoms with van der Waals surface area (Å²) in [5, 5.41) is 2.61. The highest BCUT2D eigenvalue weighted by Gasteiger charge is 2.20. The van der Waals surface area contributed by atoms with E-state index in [2.05, 4.69) is 10.3 Å². The largest absolute Gasteiger partial charge is 0.465 e. The van der Waals surface area contributed by atoms with E-state index < -0.39 is 17.4 Å². The van der Waals surface area contributed by atoms with E-state index in [4.69, 9.17) is 4.74 Å². The number of hydrogen-bond acceptors (Lipinski definition) is 4. The van der Waals surface area contributed by atoms with Crippen molar-refractivity contribution in [2.24, 2.45) is 0 Å². The lowest BCUT2D eigenvalue weighted by Crippen LogP contribution is -2.25. The van der Waals surface area contributed by atoms with Gasteiger partial charge in [-0.3, -0.25) is 9.59 Å². The smallest absolute Gasteiger partial charge is 0.339 e. The van der Waals surface area contributed by atoms with Crippen molar-refractivity contribution < 1.29 is 14.3 Å². The Kier molecular flexibility index (Phi) is 3.97. The number of anilines is 1. The fourth-order valence-corrected chi connectivity index (χ4v) is 2.75. The molecule has 1 aromatic heterocycles. The number of para-hydroxylation sites is 1. The number of benzene rings is 1. The molecule has 1 heterocycles. The van der Waals surface area contributed by atoms with Crippen molar-refractivity contribution in [1.29, 1.82) is 0 Å². The average molecular weight is 312 g/mol. The van der Waals surface area contributed by atoms with Gasteiger partial charge >= 0.3 is 5.97 Å². The molecule has 0 radical (unpaired) electrons. The Morgan fingerprint density at radius 2 is 1.96 bits per heavy atom. The van der Waals surface area contributed by atoms with E-state index >= 15 is 0 Å². The maximum absolute atomic E-state index is 12.4. The second-order valence-corrected chi connectivity index (χ2v) is 5.36. The van der Waals surface area contributed by atoms with Crippen LogP contribution in [0.4, 0.5) is 5.69 Å². The Bertz CT molecular complexity index is 839. The number of nitrogens with one attached hydrogen (secondary N) is 2. The first-order chi connectivity index (χ1) is 11.1. The highest BCUT2D eigenvalue weighted by atomic mass is 16.5. The molecule has 0 atom stereocenters. The Morgan fingerprint density at radius 3 is 2.74 bits per heavy atom. The zero-order chi connectivity index (χ0) is 16.4. The van der Waals surface area contributed by atoms with Gasteiger partial charge in [0.25, 0.3) is 11.5 Å². The number of hydrogen-bond donors (Lipinski definition) is 2. The van der Waals surface area contributed by atoms with Crippen molar-refractivity contribution >= 4 is 17.6 Å². The van der Waals surface area contributed by atoms with Crippen LogP contribution < -0.4 is 10.9 Å². The lowest BCUT2D eigenvalue weighted by Gasteiger charge is -2.10. The molecule has 0 unspecified atom stereocenters. The van der Waals surface area contributed by atoms with Crippen LogP contribution in [0.2, 0.25) is 0 Å². The Balaban J connectivity index is 1.92. The molecule has 0 saturated carbocycles. The normalized spacial score (nSPS) is 12.6. The predicted molar refractivity (Wildman–Crippen MR) is 84.8 cm³/mol. The molecule has 0 saturated heterocycles. The lowest BCUT2D eigenvalue weighted by atomic mass is 10.1. The van der Waals surface area contributed by atoms with Gasteiger partial charge in [-0.1, -0.05) is 12.1 Å². The van der Waals surface area contributed by atoms with Gasteiger partial charge in [-0.2, -0.15) is 0 Å². The number of H-pyrrole nitrogens is 1. The van der Waals surface area contributed by atoms with Crippen LogP contribution in [0.3, 0.4) is 0 Å². The Morgan fingerprint density at radius 1 is 1.17 bits per heavy atom. The first kappa shape index (κ1) is 15.0. The third-order valence-corrected chi connectivity index (χ3v) is 3.91. The molecule has 23 heavy (non-hydrogen) atoms. The molecule has 6 nitrogen and oxygen atoms in total. The van der Waals surface area contributed by atoms with E-state index in [0.717, 1.165) is 30.5 Å². The number of pyridine rings is 1. The minimum Gasteiger partial charge on any atom is -0.465 e. The number of rotatable bonds is 3. The third kappa shape index (κ3) is 2.88. The molecule has 3 rings (SSSR count). The average Bonchev–Trinajstić information content (AvgIpc) is 3.00. The molecule has 2 aromatic rings. The van der Waals surface area contributed by atoms with Gasteiger partial charge in [0.2, 0.25) is 0 Å². The van der Waals surface area contributed by atoms with Gasteiger partial charge in [0, 0.05) is 5.69 Å². The molecule has 1 aliphatic carbocycles.